The largest absolute Gasteiger partial charge is 0.354 e. The Morgan fingerprint density at radius 1 is 0.944 bits per heavy atom. The highest BCUT2D eigenvalue weighted by atomic mass is 35.5. The van der Waals surface area contributed by atoms with Gasteiger partial charge < -0.3 is 10.2 Å². The van der Waals surface area contributed by atoms with Crippen LogP contribution in [0.25, 0.3) is 0 Å². The second kappa shape index (κ2) is 12.8. The standard InChI is InChI=1S/C28H30ClN3O4/c1-20(2)18-30-28(34)26(16-21-8-4-3-5-9-21)31(19-22-12-14-24(29)15-13-22)27(33)17-23-10-6-7-11-25(23)32(35)36/h3-15,20,26H,16-19H2,1-2H3,(H,30,34)/t26-/m0/s1. The van der Waals surface area contributed by atoms with E-state index in [4.69, 9.17) is 11.6 Å². The van der Waals surface area contributed by atoms with E-state index in [1.54, 1.807) is 42.5 Å². The molecule has 8 heteroatoms. The van der Waals surface area contributed by atoms with E-state index in [0.717, 1.165) is 11.1 Å². The number of nitro groups is 1. The molecule has 0 aliphatic carbocycles. The van der Waals surface area contributed by atoms with E-state index in [1.165, 1.54) is 11.0 Å². The SMILES string of the molecule is CC(C)CNC(=O)[C@H](Cc1ccccc1)N(Cc1ccc(Cl)cc1)C(=O)Cc1ccccc1[N+](=O)[O-]. The summed E-state index contributed by atoms with van der Waals surface area (Å²) in [5, 5.41) is 15.1. The lowest BCUT2D eigenvalue weighted by Gasteiger charge is -2.32. The highest BCUT2D eigenvalue weighted by molar-refractivity contribution is 6.30. The molecule has 0 aliphatic rings. The molecule has 0 aromatic heterocycles. The summed E-state index contributed by atoms with van der Waals surface area (Å²) in [6.45, 7) is 4.62. The topological polar surface area (TPSA) is 92.6 Å². The Hall–Kier alpha value is -3.71. The molecule has 0 saturated carbocycles. The molecule has 1 N–H and O–H groups in total. The van der Waals surface area contributed by atoms with Crippen molar-refractivity contribution in [2.45, 2.75) is 39.3 Å². The van der Waals surface area contributed by atoms with Crippen LogP contribution in [0.2, 0.25) is 5.02 Å². The van der Waals surface area contributed by atoms with E-state index in [-0.39, 0.29) is 36.4 Å². The maximum absolute atomic E-state index is 13.7. The van der Waals surface area contributed by atoms with Crippen molar-refractivity contribution in [1.29, 1.82) is 0 Å². The summed E-state index contributed by atoms with van der Waals surface area (Å²) < 4.78 is 0. The zero-order valence-electron chi connectivity index (χ0n) is 20.4. The summed E-state index contributed by atoms with van der Waals surface area (Å²) in [6, 6.07) is 21.9. The van der Waals surface area contributed by atoms with Gasteiger partial charge in [0.2, 0.25) is 11.8 Å². The monoisotopic (exact) mass is 507 g/mol. The van der Waals surface area contributed by atoms with Crippen LogP contribution in [0.5, 0.6) is 0 Å². The Balaban J connectivity index is 1.99. The molecule has 2 amide bonds. The van der Waals surface area contributed by atoms with Gasteiger partial charge in [-0.1, -0.05) is 86.1 Å². The second-order valence-corrected chi connectivity index (χ2v) is 9.49. The molecule has 0 fully saturated rings. The smallest absolute Gasteiger partial charge is 0.273 e. The number of benzene rings is 3. The van der Waals surface area contributed by atoms with Gasteiger partial charge in [0.25, 0.3) is 5.69 Å². The average Bonchev–Trinajstić information content (AvgIpc) is 2.86. The molecule has 188 valence electrons. The van der Waals surface area contributed by atoms with Gasteiger partial charge in [0.15, 0.2) is 0 Å². The van der Waals surface area contributed by atoms with Crippen LogP contribution in [0.1, 0.15) is 30.5 Å². The van der Waals surface area contributed by atoms with Gasteiger partial charge in [-0.3, -0.25) is 19.7 Å². The molecule has 7 nitrogen and oxygen atoms in total. The highest BCUT2D eigenvalue weighted by Gasteiger charge is 2.31. The number of carbonyl (C=O) groups is 2. The van der Waals surface area contributed by atoms with Crippen LogP contribution in [0.15, 0.2) is 78.9 Å². The van der Waals surface area contributed by atoms with Gasteiger partial charge in [-0.25, -0.2) is 0 Å². The average molecular weight is 508 g/mol. The first kappa shape index (κ1) is 26.9. The van der Waals surface area contributed by atoms with E-state index < -0.39 is 11.0 Å². The summed E-state index contributed by atoms with van der Waals surface area (Å²) in [5.74, 6) is -0.406. The Labute approximate surface area is 216 Å². The number of carbonyl (C=O) groups excluding carboxylic acids is 2. The minimum absolute atomic E-state index is 0.124. The summed E-state index contributed by atoms with van der Waals surface area (Å²) in [6.07, 6.45) is 0.106. The maximum atomic E-state index is 13.7. The van der Waals surface area contributed by atoms with E-state index >= 15 is 0 Å². The lowest BCUT2D eigenvalue weighted by molar-refractivity contribution is -0.385. The highest BCUT2D eigenvalue weighted by Crippen LogP contribution is 2.22. The molecule has 0 saturated heterocycles. The fraction of sp³-hybridized carbons (Fsp3) is 0.286. The van der Waals surface area contributed by atoms with Crippen molar-refractivity contribution in [2.75, 3.05) is 6.54 Å². The van der Waals surface area contributed by atoms with E-state index in [9.17, 15) is 19.7 Å². The van der Waals surface area contributed by atoms with Crippen molar-refractivity contribution in [3.63, 3.8) is 0 Å². The van der Waals surface area contributed by atoms with Gasteiger partial charge in [-0.05, 0) is 29.2 Å². The number of nitrogens with zero attached hydrogens (tertiary/aromatic N) is 2. The molecule has 0 radical (unpaired) electrons. The van der Waals surface area contributed by atoms with Gasteiger partial charge in [0.1, 0.15) is 6.04 Å². The van der Waals surface area contributed by atoms with Gasteiger partial charge in [-0.15, -0.1) is 0 Å². The Morgan fingerprint density at radius 2 is 1.58 bits per heavy atom. The summed E-state index contributed by atoms with van der Waals surface area (Å²) in [5.41, 5.74) is 1.88. The molecule has 36 heavy (non-hydrogen) atoms. The first-order valence-corrected chi connectivity index (χ1v) is 12.2. The normalized spacial score (nSPS) is 11.7. The van der Waals surface area contributed by atoms with Gasteiger partial charge in [-0.2, -0.15) is 0 Å². The molecule has 0 unspecified atom stereocenters. The number of nitro benzene ring substituents is 1. The summed E-state index contributed by atoms with van der Waals surface area (Å²) >= 11 is 6.05. The van der Waals surface area contributed by atoms with Crippen LogP contribution in [-0.2, 0) is 29.0 Å². The molecular weight excluding hydrogens is 478 g/mol. The maximum Gasteiger partial charge on any atom is 0.273 e. The van der Waals surface area contributed by atoms with Crippen molar-refractivity contribution >= 4 is 29.1 Å². The van der Waals surface area contributed by atoms with Crippen molar-refractivity contribution < 1.29 is 14.5 Å². The van der Waals surface area contributed by atoms with Crippen LogP contribution >= 0.6 is 11.6 Å². The van der Waals surface area contributed by atoms with Gasteiger partial charge >= 0.3 is 0 Å². The quantitative estimate of drug-likeness (QED) is 0.285. The number of amides is 2. The summed E-state index contributed by atoms with van der Waals surface area (Å²) in [7, 11) is 0. The third-order valence-corrected chi connectivity index (χ3v) is 6.00. The predicted molar refractivity (Wildman–Crippen MR) is 141 cm³/mol. The molecule has 0 bridgehead atoms. The number of hydrogen-bond donors (Lipinski definition) is 1. The third kappa shape index (κ3) is 7.65. The van der Waals surface area contributed by atoms with Crippen molar-refractivity contribution in [2.24, 2.45) is 5.92 Å². The van der Waals surface area contributed by atoms with E-state index in [0.29, 0.717) is 23.6 Å². The lowest BCUT2D eigenvalue weighted by Crippen LogP contribution is -2.51. The Kier molecular flexibility index (Phi) is 9.59. The van der Waals surface area contributed by atoms with Crippen LogP contribution in [0.3, 0.4) is 0 Å². The minimum atomic E-state index is -0.808. The number of halogens is 1. The first-order valence-electron chi connectivity index (χ1n) is 11.8. The van der Waals surface area contributed by atoms with Gasteiger partial charge in [0, 0.05) is 36.2 Å². The van der Waals surface area contributed by atoms with Crippen LogP contribution in [-0.4, -0.2) is 34.2 Å². The Bertz CT molecular complexity index is 1180. The molecule has 0 spiro atoms. The Morgan fingerprint density at radius 3 is 2.22 bits per heavy atom. The molecule has 3 aromatic rings. The number of hydrogen-bond acceptors (Lipinski definition) is 4. The number of rotatable bonds is 11. The third-order valence-electron chi connectivity index (χ3n) is 5.75. The summed E-state index contributed by atoms with van der Waals surface area (Å²) in [4.78, 5) is 39.7. The molecule has 1 atom stereocenters. The molecular formula is C28H30ClN3O4. The molecule has 3 aromatic carbocycles. The first-order chi connectivity index (χ1) is 17.2. The zero-order valence-corrected chi connectivity index (χ0v) is 21.1. The zero-order chi connectivity index (χ0) is 26.1. The molecule has 0 heterocycles. The number of nitrogens with one attached hydrogen (secondary N) is 1. The van der Waals surface area contributed by atoms with Crippen molar-refractivity contribution in [3.8, 4) is 0 Å². The predicted octanol–water partition coefficient (Wildman–Crippen LogP) is 5.20. The van der Waals surface area contributed by atoms with E-state index in [1.807, 2.05) is 44.2 Å². The molecule has 3 rings (SSSR count). The van der Waals surface area contributed by atoms with Crippen LogP contribution < -0.4 is 5.32 Å². The fourth-order valence-electron chi connectivity index (χ4n) is 3.87. The minimum Gasteiger partial charge on any atom is -0.354 e. The lowest BCUT2D eigenvalue weighted by atomic mass is 10.0. The molecule has 0 aliphatic heterocycles. The van der Waals surface area contributed by atoms with E-state index in [2.05, 4.69) is 5.32 Å². The fourth-order valence-corrected chi connectivity index (χ4v) is 3.99. The van der Waals surface area contributed by atoms with Crippen LogP contribution in [0, 0.1) is 16.0 Å². The van der Waals surface area contributed by atoms with Crippen molar-refractivity contribution in [1.82, 2.24) is 10.2 Å². The number of para-hydroxylation sites is 1. The van der Waals surface area contributed by atoms with Gasteiger partial charge in [0.05, 0.1) is 11.3 Å². The van der Waals surface area contributed by atoms with Crippen LogP contribution in [0.4, 0.5) is 5.69 Å². The second-order valence-electron chi connectivity index (χ2n) is 9.06. The van der Waals surface area contributed by atoms with Crippen molar-refractivity contribution in [3.05, 3.63) is 111 Å².